The molecular formula is C17H33N3OS. The maximum absolute atomic E-state index is 10.4. The van der Waals surface area contributed by atoms with E-state index in [1.54, 1.807) is 0 Å². The first-order valence-electron chi connectivity index (χ1n) is 9.04. The number of hydrogen-bond donors (Lipinski definition) is 3. The fourth-order valence-electron chi connectivity index (χ4n) is 3.35. The normalized spacial score (nSPS) is 26.5. The molecule has 0 aromatic heterocycles. The summed E-state index contributed by atoms with van der Waals surface area (Å²) in [6.45, 7) is 4.43. The zero-order chi connectivity index (χ0) is 15.7. The lowest BCUT2D eigenvalue weighted by Gasteiger charge is -2.19. The quantitative estimate of drug-likeness (QED) is 0.364. The van der Waals surface area contributed by atoms with E-state index in [0.717, 1.165) is 42.9 Å². The third kappa shape index (κ3) is 6.37. The molecule has 0 amide bonds. The van der Waals surface area contributed by atoms with Gasteiger partial charge in [-0.1, -0.05) is 38.5 Å². The van der Waals surface area contributed by atoms with Crippen LogP contribution in [-0.4, -0.2) is 47.8 Å². The first kappa shape index (κ1) is 17.9. The van der Waals surface area contributed by atoms with Crippen LogP contribution < -0.4 is 10.6 Å². The maximum Gasteiger partial charge on any atom is 0.191 e. The van der Waals surface area contributed by atoms with Crippen LogP contribution in [0.1, 0.15) is 58.3 Å². The van der Waals surface area contributed by atoms with E-state index >= 15 is 0 Å². The highest BCUT2D eigenvalue weighted by molar-refractivity contribution is 7.99. The lowest BCUT2D eigenvalue weighted by Crippen LogP contribution is -2.40. The smallest absolute Gasteiger partial charge is 0.191 e. The van der Waals surface area contributed by atoms with Crippen molar-refractivity contribution in [2.45, 2.75) is 63.9 Å². The van der Waals surface area contributed by atoms with Crippen LogP contribution in [0, 0.1) is 5.92 Å². The minimum absolute atomic E-state index is 0.511. The van der Waals surface area contributed by atoms with Gasteiger partial charge in [0.05, 0.1) is 12.1 Å². The zero-order valence-corrected chi connectivity index (χ0v) is 14.9. The molecule has 1 aliphatic heterocycles. The van der Waals surface area contributed by atoms with E-state index in [0.29, 0.717) is 6.54 Å². The van der Waals surface area contributed by atoms with Gasteiger partial charge < -0.3 is 15.7 Å². The van der Waals surface area contributed by atoms with Crippen molar-refractivity contribution in [2.24, 2.45) is 10.9 Å². The standard InChI is InChI=1S/C17H33N3OS/c1-2-18-16(20-13-17(21)10-12-22-14-17)19-11-6-5-9-15-7-3-4-8-15/h15,21H,2-14H2,1H3,(H2,18,19,20). The van der Waals surface area contributed by atoms with Crippen molar-refractivity contribution in [2.75, 3.05) is 31.1 Å². The Bertz CT molecular complexity index is 337. The summed E-state index contributed by atoms with van der Waals surface area (Å²) in [5.41, 5.74) is -0.588. The Balaban J connectivity index is 1.62. The number of unbranched alkanes of at least 4 members (excludes halogenated alkanes) is 1. The molecule has 1 heterocycles. The molecule has 22 heavy (non-hydrogen) atoms. The number of aliphatic imine (C=N–C) groups is 1. The van der Waals surface area contributed by atoms with Gasteiger partial charge in [0, 0.05) is 18.8 Å². The number of aliphatic hydroxyl groups is 1. The van der Waals surface area contributed by atoms with Crippen LogP contribution >= 0.6 is 11.8 Å². The minimum atomic E-state index is -0.588. The fourth-order valence-corrected chi connectivity index (χ4v) is 4.64. The first-order chi connectivity index (χ1) is 10.7. The van der Waals surface area contributed by atoms with Crippen LogP contribution in [0.5, 0.6) is 0 Å². The summed E-state index contributed by atoms with van der Waals surface area (Å²) in [4.78, 5) is 4.57. The number of nitrogens with zero attached hydrogens (tertiary/aromatic N) is 1. The second kappa shape index (κ2) is 9.66. The summed E-state index contributed by atoms with van der Waals surface area (Å²) in [6.07, 6.45) is 10.6. The van der Waals surface area contributed by atoms with Crippen molar-refractivity contribution >= 4 is 17.7 Å². The van der Waals surface area contributed by atoms with Crippen LogP contribution in [0.4, 0.5) is 0 Å². The number of guanidine groups is 1. The van der Waals surface area contributed by atoms with E-state index in [4.69, 9.17) is 0 Å². The Hall–Kier alpha value is -0.420. The molecule has 0 radical (unpaired) electrons. The second-order valence-corrected chi connectivity index (χ2v) is 7.90. The molecular weight excluding hydrogens is 294 g/mol. The highest BCUT2D eigenvalue weighted by atomic mass is 32.2. The second-order valence-electron chi connectivity index (χ2n) is 6.80. The summed E-state index contributed by atoms with van der Waals surface area (Å²) in [6, 6.07) is 0. The molecule has 1 unspecified atom stereocenters. The predicted molar refractivity (Wildman–Crippen MR) is 96.7 cm³/mol. The lowest BCUT2D eigenvalue weighted by molar-refractivity contribution is 0.0778. The minimum Gasteiger partial charge on any atom is -0.387 e. The molecule has 0 spiro atoms. The lowest BCUT2D eigenvalue weighted by atomic mass is 10.0. The molecule has 0 aromatic rings. The van der Waals surface area contributed by atoms with E-state index in [1.165, 1.54) is 44.9 Å². The molecule has 1 aliphatic carbocycles. The van der Waals surface area contributed by atoms with Crippen molar-refractivity contribution in [3.63, 3.8) is 0 Å². The van der Waals surface area contributed by atoms with Gasteiger partial charge in [0.25, 0.3) is 0 Å². The van der Waals surface area contributed by atoms with Gasteiger partial charge in [-0.05, 0) is 31.4 Å². The van der Waals surface area contributed by atoms with E-state index in [9.17, 15) is 5.11 Å². The molecule has 1 saturated heterocycles. The van der Waals surface area contributed by atoms with Crippen molar-refractivity contribution in [1.82, 2.24) is 10.6 Å². The van der Waals surface area contributed by atoms with Gasteiger partial charge >= 0.3 is 0 Å². The van der Waals surface area contributed by atoms with Gasteiger partial charge in [-0.25, -0.2) is 0 Å². The van der Waals surface area contributed by atoms with Crippen molar-refractivity contribution in [3.05, 3.63) is 0 Å². The molecule has 5 heteroatoms. The van der Waals surface area contributed by atoms with Crippen LogP contribution in [-0.2, 0) is 0 Å². The third-order valence-corrected chi connectivity index (χ3v) is 6.00. The number of nitrogens with one attached hydrogen (secondary N) is 2. The maximum atomic E-state index is 10.4. The fraction of sp³-hybridized carbons (Fsp3) is 0.941. The summed E-state index contributed by atoms with van der Waals surface area (Å²) in [5, 5.41) is 17.0. The van der Waals surface area contributed by atoms with Gasteiger partial charge in [-0.3, -0.25) is 4.99 Å². The van der Waals surface area contributed by atoms with E-state index in [1.807, 2.05) is 11.8 Å². The first-order valence-corrected chi connectivity index (χ1v) is 10.2. The van der Waals surface area contributed by atoms with Crippen LogP contribution in [0.2, 0.25) is 0 Å². The van der Waals surface area contributed by atoms with Gasteiger partial charge in [0.1, 0.15) is 0 Å². The molecule has 0 bridgehead atoms. The van der Waals surface area contributed by atoms with E-state index in [2.05, 4.69) is 22.5 Å². The number of hydrogen-bond acceptors (Lipinski definition) is 3. The van der Waals surface area contributed by atoms with Gasteiger partial charge in [-0.15, -0.1) is 0 Å². The molecule has 4 nitrogen and oxygen atoms in total. The Morgan fingerprint density at radius 3 is 2.77 bits per heavy atom. The summed E-state index contributed by atoms with van der Waals surface area (Å²) >= 11 is 1.82. The molecule has 2 rings (SSSR count). The molecule has 1 atom stereocenters. The van der Waals surface area contributed by atoms with E-state index in [-0.39, 0.29) is 0 Å². The van der Waals surface area contributed by atoms with Crippen LogP contribution in [0.3, 0.4) is 0 Å². The van der Waals surface area contributed by atoms with Gasteiger partial charge in [0.15, 0.2) is 5.96 Å². The summed E-state index contributed by atoms with van der Waals surface area (Å²) in [5.74, 6) is 3.72. The monoisotopic (exact) mass is 327 g/mol. The Labute approximate surface area is 139 Å². The van der Waals surface area contributed by atoms with E-state index < -0.39 is 5.60 Å². The topological polar surface area (TPSA) is 56.7 Å². The predicted octanol–water partition coefficient (Wildman–Crippen LogP) is 2.77. The van der Waals surface area contributed by atoms with Crippen molar-refractivity contribution < 1.29 is 5.11 Å². The average molecular weight is 328 g/mol. The average Bonchev–Trinajstić information content (AvgIpc) is 3.16. The number of thioether (sulfide) groups is 1. The van der Waals surface area contributed by atoms with Gasteiger partial charge in [0.2, 0.25) is 0 Å². The van der Waals surface area contributed by atoms with Gasteiger partial charge in [-0.2, -0.15) is 11.8 Å². The largest absolute Gasteiger partial charge is 0.387 e. The van der Waals surface area contributed by atoms with Crippen molar-refractivity contribution in [3.8, 4) is 0 Å². The molecule has 1 saturated carbocycles. The third-order valence-electron chi connectivity index (χ3n) is 4.76. The van der Waals surface area contributed by atoms with Crippen LogP contribution in [0.15, 0.2) is 4.99 Å². The molecule has 2 fully saturated rings. The molecule has 2 aliphatic rings. The Morgan fingerprint density at radius 2 is 2.09 bits per heavy atom. The molecule has 3 N–H and O–H groups in total. The zero-order valence-electron chi connectivity index (χ0n) is 14.1. The van der Waals surface area contributed by atoms with Crippen LogP contribution in [0.25, 0.3) is 0 Å². The highest BCUT2D eigenvalue weighted by Gasteiger charge is 2.31. The summed E-state index contributed by atoms with van der Waals surface area (Å²) in [7, 11) is 0. The highest BCUT2D eigenvalue weighted by Crippen LogP contribution is 2.29. The molecule has 0 aromatic carbocycles. The SMILES string of the molecule is CCNC(=NCC1(O)CCSC1)NCCCCC1CCCC1. The Morgan fingerprint density at radius 1 is 1.27 bits per heavy atom. The summed E-state index contributed by atoms with van der Waals surface area (Å²) < 4.78 is 0. The van der Waals surface area contributed by atoms with Crippen molar-refractivity contribution in [1.29, 1.82) is 0 Å². The Kier molecular flexibility index (Phi) is 7.87. The number of rotatable bonds is 8. The molecule has 128 valence electrons.